The third-order valence-electron chi connectivity index (χ3n) is 2.80. The lowest BCUT2D eigenvalue weighted by atomic mass is 10.1. The Morgan fingerprint density at radius 1 is 1.18 bits per heavy atom. The van der Waals surface area contributed by atoms with E-state index in [1.807, 2.05) is 34.6 Å². The average molecular weight is 314 g/mol. The van der Waals surface area contributed by atoms with Gasteiger partial charge in [0.05, 0.1) is 0 Å². The normalized spacial score (nSPS) is 13.5. The maximum absolute atomic E-state index is 11.8. The summed E-state index contributed by atoms with van der Waals surface area (Å²) in [6, 6.07) is 0.136. The molecule has 0 fully saturated rings. The summed E-state index contributed by atoms with van der Waals surface area (Å²) in [6.07, 6.45) is 2.80. The van der Waals surface area contributed by atoms with Gasteiger partial charge in [-0.3, -0.25) is 4.99 Å². The number of unbranched alkanes of at least 4 members (excludes halogenated alkanes) is 1. The molecule has 0 spiro atoms. The van der Waals surface area contributed by atoms with Crippen molar-refractivity contribution in [2.75, 3.05) is 19.6 Å². The molecular formula is C16H34N4O2. The van der Waals surface area contributed by atoms with Crippen LogP contribution in [0.3, 0.4) is 0 Å². The summed E-state index contributed by atoms with van der Waals surface area (Å²) in [7, 11) is 0. The summed E-state index contributed by atoms with van der Waals surface area (Å²) in [5.41, 5.74) is -0.477. The fourth-order valence-electron chi connectivity index (χ4n) is 1.87. The Kier molecular flexibility index (Phi) is 10.4. The van der Waals surface area contributed by atoms with Gasteiger partial charge in [-0.25, -0.2) is 4.79 Å². The van der Waals surface area contributed by atoms with E-state index in [1.54, 1.807) is 0 Å². The van der Waals surface area contributed by atoms with E-state index < -0.39 is 5.60 Å². The molecule has 0 saturated heterocycles. The third kappa shape index (κ3) is 11.2. The molecule has 0 heterocycles. The van der Waals surface area contributed by atoms with E-state index in [-0.39, 0.29) is 12.1 Å². The molecule has 0 rings (SSSR count). The van der Waals surface area contributed by atoms with Crippen molar-refractivity contribution in [2.24, 2.45) is 4.99 Å². The van der Waals surface area contributed by atoms with Crippen molar-refractivity contribution in [2.45, 2.75) is 72.4 Å². The summed E-state index contributed by atoms with van der Waals surface area (Å²) < 4.78 is 5.27. The van der Waals surface area contributed by atoms with Gasteiger partial charge in [0.2, 0.25) is 0 Å². The number of hydrogen-bond acceptors (Lipinski definition) is 3. The van der Waals surface area contributed by atoms with Gasteiger partial charge in [0.15, 0.2) is 5.96 Å². The molecule has 0 saturated carbocycles. The first-order chi connectivity index (χ1) is 10.3. The molecule has 1 amide bonds. The van der Waals surface area contributed by atoms with Crippen molar-refractivity contribution < 1.29 is 9.53 Å². The monoisotopic (exact) mass is 314 g/mol. The second kappa shape index (κ2) is 11.2. The van der Waals surface area contributed by atoms with Gasteiger partial charge in [-0.2, -0.15) is 0 Å². The molecule has 0 radical (unpaired) electrons. The number of aliphatic imine (C=N–C) groups is 1. The summed E-state index contributed by atoms with van der Waals surface area (Å²) >= 11 is 0. The van der Waals surface area contributed by atoms with Gasteiger partial charge in [-0.1, -0.05) is 19.8 Å². The van der Waals surface area contributed by atoms with E-state index in [0.717, 1.165) is 38.3 Å². The molecule has 6 nitrogen and oxygen atoms in total. The molecular weight excluding hydrogens is 280 g/mol. The highest BCUT2D eigenvalue weighted by molar-refractivity contribution is 5.80. The molecule has 0 aliphatic rings. The van der Waals surface area contributed by atoms with Gasteiger partial charge in [-0.05, 0) is 41.0 Å². The second-order valence-corrected chi connectivity index (χ2v) is 6.22. The maximum Gasteiger partial charge on any atom is 0.407 e. The SMILES string of the molecule is CCCCC(CNC(=O)OC(C)(C)C)NC(=NCC)NCC. The van der Waals surface area contributed by atoms with E-state index in [4.69, 9.17) is 4.74 Å². The number of alkyl carbamates (subject to hydrolysis) is 1. The fraction of sp³-hybridized carbons (Fsp3) is 0.875. The zero-order valence-corrected chi connectivity index (χ0v) is 15.1. The van der Waals surface area contributed by atoms with Crippen molar-refractivity contribution in [1.29, 1.82) is 0 Å². The molecule has 3 N–H and O–H groups in total. The van der Waals surface area contributed by atoms with Gasteiger partial charge in [0.1, 0.15) is 5.60 Å². The summed E-state index contributed by atoms with van der Waals surface area (Å²) in [6.45, 7) is 13.8. The van der Waals surface area contributed by atoms with E-state index in [9.17, 15) is 4.79 Å². The number of guanidine groups is 1. The van der Waals surface area contributed by atoms with Crippen LogP contribution in [0.1, 0.15) is 60.8 Å². The Labute approximate surface area is 135 Å². The van der Waals surface area contributed by atoms with Crippen LogP contribution >= 0.6 is 0 Å². The number of ether oxygens (including phenoxy) is 1. The summed E-state index contributed by atoms with van der Waals surface area (Å²) in [5.74, 6) is 0.789. The van der Waals surface area contributed by atoms with Crippen molar-refractivity contribution in [3.05, 3.63) is 0 Å². The van der Waals surface area contributed by atoms with Crippen LogP contribution in [0.2, 0.25) is 0 Å². The summed E-state index contributed by atoms with van der Waals surface area (Å²) in [4.78, 5) is 16.2. The Morgan fingerprint density at radius 2 is 1.86 bits per heavy atom. The molecule has 130 valence electrons. The van der Waals surface area contributed by atoms with Crippen molar-refractivity contribution in [1.82, 2.24) is 16.0 Å². The largest absolute Gasteiger partial charge is 0.444 e. The Balaban J connectivity index is 4.50. The Hall–Kier alpha value is -1.46. The van der Waals surface area contributed by atoms with Gasteiger partial charge in [0.25, 0.3) is 0 Å². The van der Waals surface area contributed by atoms with Crippen LogP contribution in [0.5, 0.6) is 0 Å². The highest BCUT2D eigenvalue weighted by atomic mass is 16.6. The van der Waals surface area contributed by atoms with E-state index in [1.165, 1.54) is 0 Å². The first-order valence-corrected chi connectivity index (χ1v) is 8.34. The lowest BCUT2D eigenvalue weighted by Gasteiger charge is -2.24. The first-order valence-electron chi connectivity index (χ1n) is 8.34. The number of nitrogens with zero attached hydrogens (tertiary/aromatic N) is 1. The minimum absolute atomic E-state index is 0.136. The van der Waals surface area contributed by atoms with E-state index in [2.05, 4.69) is 27.9 Å². The predicted molar refractivity (Wildman–Crippen MR) is 92.3 cm³/mol. The molecule has 1 unspecified atom stereocenters. The third-order valence-corrected chi connectivity index (χ3v) is 2.80. The van der Waals surface area contributed by atoms with E-state index in [0.29, 0.717) is 6.54 Å². The number of carbonyl (C=O) groups excluding carboxylic acids is 1. The van der Waals surface area contributed by atoms with Crippen molar-refractivity contribution >= 4 is 12.1 Å². The molecule has 0 aliphatic carbocycles. The van der Waals surface area contributed by atoms with Crippen LogP contribution in [-0.2, 0) is 4.74 Å². The van der Waals surface area contributed by atoms with Gasteiger partial charge < -0.3 is 20.7 Å². The Bertz CT molecular complexity index is 338. The molecule has 0 aromatic rings. The fourth-order valence-corrected chi connectivity index (χ4v) is 1.87. The van der Waals surface area contributed by atoms with Crippen LogP contribution in [0.25, 0.3) is 0 Å². The van der Waals surface area contributed by atoms with Crippen LogP contribution in [0.4, 0.5) is 4.79 Å². The first kappa shape index (κ1) is 20.5. The molecule has 22 heavy (non-hydrogen) atoms. The highest BCUT2D eigenvalue weighted by Crippen LogP contribution is 2.06. The van der Waals surface area contributed by atoms with Crippen LogP contribution in [0, 0.1) is 0 Å². The lowest BCUT2D eigenvalue weighted by molar-refractivity contribution is 0.0523. The molecule has 0 bridgehead atoms. The quantitative estimate of drug-likeness (QED) is 0.475. The van der Waals surface area contributed by atoms with Crippen LogP contribution in [-0.4, -0.2) is 43.3 Å². The van der Waals surface area contributed by atoms with Gasteiger partial charge >= 0.3 is 6.09 Å². The zero-order chi connectivity index (χ0) is 17.0. The molecule has 0 aromatic carbocycles. The highest BCUT2D eigenvalue weighted by Gasteiger charge is 2.17. The maximum atomic E-state index is 11.8. The lowest BCUT2D eigenvalue weighted by Crippen LogP contribution is -2.49. The number of carbonyl (C=O) groups is 1. The molecule has 6 heteroatoms. The topological polar surface area (TPSA) is 74.8 Å². The zero-order valence-electron chi connectivity index (χ0n) is 15.1. The van der Waals surface area contributed by atoms with Gasteiger partial charge in [-0.15, -0.1) is 0 Å². The number of rotatable bonds is 8. The number of hydrogen-bond donors (Lipinski definition) is 3. The van der Waals surface area contributed by atoms with Crippen LogP contribution in [0.15, 0.2) is 4.99 Å². The summed E-state index contributed by atoms with van der Waals surface area (Å²) in [5, 5.41) is 9.42. The van der Waals surface area contributed by atoms with Gasteiger partial charge in [0, 0.05) is 25.7 Å². The minimum atomic E-state index is -0.477. The second-order valence-electron chi connectivity index (χ2n) is 6.22. The predicted octanol–water partition coefficient (Wildman–Crippen LogP) is 2.64. The molecule has 1 atom stereocenters. The standard InChI is InChI=1S/C16H34N4O2/c1-7-10-11-13(20-14(17-8-2)18-9-3)12-19-15(21)22-16(4,5)6/h13H,7-12H2,1-6H3,(H,19,21)(H2,17,18,20). The minimum Gasteiger partial charge on any atom is -0.444 e. The average Bonchev–Trinajstić information content (AvgIpc) is 2.40. The smallest absolute Gasteiger partial charge is 0.407 e. The van der Waals surface area contributed by atoms with Crippen molar-refractivity contribution in [3.8, 4) is 0 Å². The van der Waals surface area contributed by atoms with E-state index >= 15 is 0 Å². The number of amides is 1. The number of nitrogens with one attached hydrogen (secondary N) is 3. The molecule has 0 aliphatic heterocycles. The van der Waals surface area contributed by atoms with Crippen molar-refractivity contribution in [3.63, 3.8) is 0 Å². The molecule has 0 aromatic heterocycles. The van der Waals surface area contributed by atoms with Crippen LogP contribution < -0.4 is 16.0 Å². The Morgan fingerprint density at radius 3 is 2.36 bits per heavy atom.